The van der Waals surface area contributed by atoms with Gasteiger partial charge >= 0.3 is 0 Å². The Hall–Kier alpha value is -0.180. The maximum atomic E-state index is 5.91. The molecule has 0 aromatic heterocycles. The number of rotatable bonds is 8. The average molecular weight is 286 g/mol. The number of halogens is 1. The summed E-state index contributed by atoms with van der Waals surface area (Å²) in [7, 11) is 0. The van der Waals surface area contributed by atoms with Crippen molar-refractivity contribution in [2.75, 3.05) is 18.1 Å². The highest BCUT2D eigenvalue weighted by Gasteiger charge is 2.09. The summed E-state index contributed by atoms with van der Waals surface area (Å²) >= 11 is 7.95. The molecule has 102 valence electrons. The van der Waals surface area contributed by atoms with Gasteiger partial charge < -0.3 is 5.32 Å². The first-order valence-corrected chi connectivity index (χ1v) is 8.20. The number of likely N-dealkylation sites (N-methyl/N-ethyl adjacent to an activating group) is 1. The second-order valence-corrected chi connectivity index (χ2v) is 6.53. The summed E-state index contributed by atoms with van der Waals surface area (Å²) in [5, 5.41) is 4.38. The molecule has 3 heteroatoms. The van der Waals surface area contributed by atoms with Crippen molar-refractivity contribution in [3.63, 3.8) is 0 Å². The summed E-state index contributed by atoms with van der Waals surface area (Å²) in [5.41, 5.74) is 1.36. The fourth-order valence-corrected chi connectivity index (χ4v) is 3.08. The molecule has 1 rings (SSSR count). The third-order valence-corrected chi connectivity index (χ3v) is 4.45. The molecule has 1 nitrogen and oxygen atoms in total. The van der Waals surface area contributed by atoms with E-state index in [-0.39, 0.29) is 0 Å². The summed E-state index contributed by atoms with van der Waals surface area (Å²) in [6, 6.07) is 8.75. The van der Waals surface area contributed by atoms with Crippen molar-refractivity contribution in [1.29, 1.82) is 0 Å². The SMILES string of the molecule is CCNC(CSCC(C)C)Cc1ccc(Cl)cc1. The van der Waals surface area contributed by atoms with E-state index in [4.69, 9.17) is 11.6 Å². The van der Waals surface area contributed by atoms with Crippen molar-refractivity contribution in [1.82, 2.24) is 5.32 Å². The first kappa shape index (κ1) is 15.9. The van der Waals surface area contributed by atoms with Gasteiger partial charge in [-0.2, -0.15) is 11.8 Å². The molecule has 1 N–H and O–H groups in total. The van der Waals surface area contributed by atoms with Gasteiger partial charge in [0.2, 0.25) is 0 Å². The van der Waals surface area contributed by atoms with Gasteiger partial charge in [-0.1, -0.05) is 44.5 Å². The molecule has 0 aliphatic heterocycles. The lowest BCUT2D eigenvalue weighted by atomic mass is 10.1. The van der Waals surface area contributed by atoms with E-state index in [1.165, 1.54) is 17.1 Å². The molecular weight excluding hydrogens is 262 g/mol. The van der Waals surface area contributed by atoms with Crippen molar-refractivity contribution in [3.05, 3.63) is 34.9 Å². The standard InChI is InChI=1S/C15H24ClNS/c1-4-17-15(11-18-10-12(2)3)9-13-5-7-14(16)8-6-13/h5-8,12,15,17H,4,9-11H2,1-3H3. The summed E-state index contributed by atoms with van der Waals surface area (Å²) in [6.07, 6.45) is 1.08. The molecular formula is C15H24ClNS. The predicted molar refractivity (Wildman–Crippen MR) is 84.8 cm³/mol. The van der Waals surface area contributed by atoms with E-state index >= 15 is 0 Å². The zero-order chi connectivity index (χ0) is 13.4. The average Bonchev–Trinajstić information content (AvgIpc) is 2.32. The molecule has 0 saturated heterocycles. The van der Waals surface area contributed by atoms with Crippen molar-refractivity contribution < 1.29 is 0 Å². The highest BCUT2D eigenvalue weighted by Crippen LogP contribution is 2.14. The fraction of sp³-hybridized carbons (Fsp3) is 0.600. The third-order valence-electron chi connectivity index (χ3n) is 2.66. The second kappa shape index (κ2) is 8.84. The van der Waals surface area contributed by atoms with Crippen LogP contribution in [0.3, 0.4) is 0 Å². The van der Waals surface area contributed by atoms with Gasteiger partial charge in [0.15, 0.2) is 0 Å². The first-order valence-electron chi connectivity index (χ1n) is 6.67. The number of hydrogen-bond acceptors (Lipinski definition) is 2. The minimum atomic E-state index is 0.555. The lowest BCUT2D eigenvalue weighted by Gasteiger charge is -2.18. The van der Waals surface area contributed by atoms with Crippen molar-refractivity contribution >= 4 is 23.4 Å². The van der Waals surface area contributed by atoms with E-state index in [2.05, 4.69) is 38.2 Å². The third kappa shape index (κ3) is 6.67. The molecule has 0 aliphatic carbocycles. The topological polar surface area (TPSA) is 12.0 Å². The van der Waals surface area contributed by atoms with E-state index < -0.39 is 0 Å². The Balaban J connectivity index is 2.43. The van der Waals surface area contributed by atoms with Gasteiger partial charge in [-0.15, -0.1) is 0 Å². The molecule has 18 heavy (non-hydrogen) atoms. The Bertz CT molecular complexity index is 324. The van der Waals surface area contributed by atoms with Crippen LogP contribution in [0.15, 0.2) is 24.3 Å². The fourth-order valence-electron chi connectivity index (χ4n) is 1.83. The van der Waals surface area contributed by atoms with Gasteiger partial charge in [-0.3, -0.25) is 0 Å². The Morgan fingerprint density at radius 2 is 1.83 bits per heavy atom. The van der Waals surface area contributed by atoms with E-state index in [9.17, 15) is 0 Å². The smallest absolute Gasteiger partial charge is 0.0406 e. The van der Waals surface area contributed by atoms with Crippen LogP contribution in [0.25, 0.3) is 0 Å². The molecule has 0 bridgehead atoms. The molecule has 1 aromatic carbocycles. The molecule has 1 aromatic rings. The van der Waals surface area contributed by atoms with Crippen LogP contribution in [0.5, 0.6) is 0 Å². The maximum absolute atomic E-state index is 5.91. The normalized spacial score (nSPS) is 12.9. The maximum Gasteiger partial charge on any atom is 0.0406 e. The van der Waals surface area contributed by atoms with E-state index in [0.29, 0.717) is 6.04 Å². The van der Waals surface area contributed by atoms with Crippen molar-refractivity contribution in [3.8, 4) is 0 Å². The van der Waals surface area contributed by atoms with Gasteiger partial charge in [-0.05, 0) is 42.3 Å². The monoisotopic (exact) mass is 285 g/mol. The van der Waals surface area contributed by atoms with Gasteiger partial charge in [-0.25, -0.2) is 0 Å². The molecule has 0 heterocycles. The minimum absolute atomic E-state index is 0.555. The zero-order valence-electron chi connectivity index (χ0n) is 11.6. The zero-order valence-corrected chi connectivity index (χ0v) is 13.2. The number of nitrogens with one attached hydrogen (secondary N) is 1. The highest BCUT2D eigenvalue weighted by atomic mass is 35.5. The Kier molecular flexibility index (Phi) is 7.80. The van der Waals surface area contributed by atoms with Gasteiger partial charge in [0, 0.05) is 16.8 Å². The predicted octanol–water partition coefficient (Wildman–Crippen LogP) is 4.25. The van der Waals surface area contributed by atoms with E-state index in [1.807, 2.05) is 23.9 Å². The largest absolute Gasteiger partial charge is 0.313 e. The second-order valence-electron chi connectivity index (χ2n) is 5.02. The Morgan fingerprint density at radius 3 is 2.39 bits per heavy atom. The molecule has 0 fully saturated rings. The van der Waals surface area contributed by atoms with Crippen LogP contribution in [0.4, 0.5) is 0 Å². The van der Waals surface area contributed by atoms with E-state index in [0.717, 1.165) is 23.9 Å². The molecule has 0 amide bonds. The molecule has 1 unspecified atom stereocenters. The molecule has 0 radical (unpaired) electrons. The van der Waals surface area contributed by atoms with Gasteiger partial charge in [0.1, 0.15) is 0 Å². The molecule has 0 aliphatic rings. The number of hydrogen-bond donors (Lipinski definition) is 1. The van der Waals surface area contributed by atoms with Crippen LogP contribution in [0.1, 0.15) is 26.3 Å². The van der Waals surface area contributed by atoms with Crippen LogP contribution in [0, 0.1) is 5.92 Å². The molecule has 1 atom stereocenters. The van der Waals surface area contributed by atoms with Gasteiger partial charge in [0.25, 0.3) is 0 Å². The van der Waals surface area contributed by atoms with Crippen LogP contribution in [0.2, 0.25) is 5.02 Å². The Morgan fingerprint density at radius 1 is 1.17 bits per heavy atom. The minimum Gasteiger partial charge on any atom is -0.313 e. The quantitative estimate of drug-likeness (QED) is 0.766. The lowest BCUT2D eigenvalue weighted by Crippen LogP contribution is -2.33. The molecule has 0 spiro atoms. The number of benzene rings is 1. The van der Waals surface area contributed by atoms with Gasteiger partial charge in [0.05, 0.1) is 0 Å². The summed E-state index contributed by atoms with van der Waals surface area (Å²) in [6.45, 7) is 7.74. The van der Waals surface area contributed by atoms with Crippen LogP contribution in [-0.4, -0.2) is 24.1 Å². The lowest BCUT2D eigenvalue weighted by molar-refractivity contribution is 0.572. The highest BCUT2D eigenvalue weighted by molar-refractivity contribution is 7.99. The Labute approximate surface area is 121 Å². The van der Waals surface area contributed by atoms with Crippen LogP contribution in [-0.2, 0) is 6.42 Å². The van der Waals surface area contributed by atoms with E-state index in [1.54, 1.807) is 0 Å². The first-order chi connectivity index (χ1) is 8.61. The summed E-state index contributed by atoms with van der Waals surface area (Å²) in [4.78, 5) is 0. The number of thioether (sulfide) groups is 1. The van der Waals surface area contributed by atoms with Crippen LogP contribution < -0.4 is 5.32 Å². The summed E-state index contributed by atoms with van der Waals surface area (Å²) in [5.74, 6) is 3.18. The summed E-state index contributed by atoms with van der Waals surface area (Å²) < 4.78 is 0. The van der Waals surface area contributed by atoms with Crippen LogP contribution >= 0.6 is 23.4 Å². The molecule has 0 saturated carbocycles. The van der Waals surface area contributed by atoms with Crippen molar-refractivity contribution in [2.24, 2.45) is 5.92 Å². The van der Waals surface area contributed by atoms with Crippen molar-refractivity contribution in [2.45, 2.75) is 33.2 Å².